The topological polar surface area (TPSA) is 83.3 Å². The number of rotatable bonds is 3. The van der Waals surface area contributed by atoms with Crippen molar-refractivity contribution in [2.75, 3.05) is 0 Å². The standard InChI is InChI=1S/C12H10ClN3O4/c1-7(17)16-6-10(12(15-16)19-8(2)18)20-9-3-4-14-11(13)5-9/h3-6H,1-2H3. The zero-order valence-electron chi connectivity index (χ0n) is 10.7. The van der Waals surface area contributed by atoms with Gasteiger partial charge in [0.2, 0.25) is 11.7 Å². The van der Waals surface area contributed by atoms with E-state index in [-0.39, 0.29) is 22.7 Å². The molecule has 0 N–H and O–H groups in total. The van der Waals surface area contributed by atoms with Gasteiger partial charge in [-0.2, -0.15) is 0 Å². The zero-order valence-corrected chi connectivity index (χ0v) is 11.4. The zero-order chi connectivity index (χ0) is 14.7. The molecule has 0 aliphatic heterocycles. The average molecular weight is 296 g/mol. The van der Waals surface area contributed by atoms with Gasteiger partial charge in [-0.15, -0.1) is 5.10 Å². The fourth-order valence-electron chi connectivity index (χ4n) is 1.36. The molecule has 2 aromatic rings. The number of nitrogens with zero attached hydrogens (tertiary/aromatic N) is 3. The second-order valence-corrected chi connectivity index (χ2v) is 4.16. The van der Waals surface area contributed by atoms with Gasteiger partial charge in [0, 0.05) is 26.1 Å². The van der Waals surface area contributed by atoms with Crippen LogP contribution in [0.3, 0.4) is 0 Å². The molecule has 104 valence electrons. The second-order valence-electron chi connectivity index (χ2n) is 3.77. The van der Waals surface area contributed by atoms with Gasteiger partial charge in [-0.1, -0.05) is 11.6 Å². The summed E-state index contributed by atoms with van der Waals surface area (Å²) in [5.41, 5.74) is 0. The van der Waals surface area contributed by atoms with E-state index in [9.17, 15) is 9.59 Å². The highest BCUT2D eigenvalue weighted by atomic mass is 35.5. The molecule has 0 saturated heterocycles. The molecule has 0 unspecified atom stereocenters. The normalized spacial score (nSPS) is 10.2. The number of esters is 1. The van der Waals surface area contributed by atoms with Crippen LogP contribution >= 0.6 is 11.6 Å². The van der Waals surface area contributed by atoms with E-state index < -0.39 is 5.97 Å². The van der Waals surface area contributed by atoms with Crippen LogP contribution in [0, 0.1) is 0 Å². The Morgan fingerprint density at radius 2 is 2.10 bits per heavy atom. The number of halogens is 1. The molecule has 2 heterocycles. The molecular formula is C12H10ClN3O4. The molecule has 0 fully saturated rings. The van der Waals surface area contributed by atoms with Gasteiger partial charge in [0.15, 0.2) is 0 Å². The van der Waals surface area contributed by atoms with Crippen LogP contribution in [0.4, 0.5) is 0 Å². The molecule has 8 heteroatoms. The molecular weight excluding hydrogens is 286 g/mol. The van der Waals surface area contributed by atoms with E-state index in [0.29, 0.717) is 5.75 Å². The summed E-state index contributed by atoms with van der Waals surface area (Å²) in [6.07, 6.45) is 2.77. The quantitative estimate of drug-likeness (QED) is 0.638. The number of carbonyl (C=O) groups excluding carboxylic acids is 2. The third kappa shape index (κ3) is 3.33. The Balaban J connectivity index is 2.33. The Hall–Kier alpha value is -2.41. The Morgan fingerprint density at radius 3 is 2.70 bits per heavy atom. The lowest BCUT2D eigenvalue weighted by molar-refractivity contribution is -0.132. The highest BCUT2D eigenvalue weighted by molar-refractivity contribution is 6.29. The van der Waals surface area contributed by atoms with Crippen LogP contribution in [0.15, 0.2) is 24.5 Å². The van der Waals surface area contributed by atoms with Crippen molar-refractivity contribution in [2.24, 2.45) is 0 Å². The van der Waals surface area contributed by atoms with E-state index >= 15 is 0 Å². The maximum absolute atomic E-state index is 11.3. The maximum Gasteiger partial charge on any atom is 0.309 e. The number of hydrogen-bond acceptors (Lipinski definition) is 6. The van der Waals surface area contributed by atoms with Crippen LogP contribution < -0.4 is 9.47 Å². The Labute approximate surface area is 119 Å². The summed E-state index contributed by atoms with van der Waals surface area (Å²) in [5.74, 6) is -0.516. The lowest BCUT2D eigenvalue weighted by atomic mass is 10.4. The molecule has 2 rings (SSSR count). The van der Waals surface area contributed by atoms with E-state index in [1.54, 1.807) is 6.07 Å². The summed E-state index contributed by atoms with van der Waals surface area (Å²) in [4.78, 5) is 26.1. The van der Waals surface area contributed by atoms with Crippen LogP contribution in [-0.2, 0) is 4.79 Å². The van der Waals surface area contributed by atoms with Crippen molar-refractivity contribution in [1.82, 2.24) is 14.8 Å². The van der Waals surface area contributed by atoms with Gasteiger partial charge >= 0.3 is 5.97 Å². The molecule has 0 atom stereocenters. The molecule has 0 radical (unpaired) electrons. The van der Waals surface area contributed by atoms with Crippen molar-refractivity contribution in [3.63, 3.8) is 0 Å². The van der Waals surface area contributed by atoms with Crippen LogP contribution in [-0.4, -0.2) is 26.6 Å². The van der Waals surface area contributed by atoms with Gasteiger partial charge in [0.25, 0.3) is 5.88 Å². The molecule has 2 aromatic heterocycles. The minimum absolute atomic E-state index is 0.0966. The fraction of sp³-hybridized carbons (Fsp3) is 0.167. The SMILES string of the molecule is CC(=O)Oc1nn(C(C)=O)cc1Oc1ccnc(Cl)c1. The Bertz CT molecular complexity index is 668. The predicted octanol–water partition coefficient (Wildman–Crippen LogP) is 2.31. The second kappa shape index (κ2) is 5.70. The molecule has 0 aromatic carbocycles. The van der Waals surface area contributed by atoms with Crippen molar-refractivity contribution in [3.8, 4) is 17.4 Å². The number of hydrogen-bond donors (Lipinski definition) is 0. The molecule has 7 nitrogen and oxygen atoms in total. The molecule has 20 heavy (non-hydrogen) atoms. The number of aromatic nitrogens is 3. The summed E-state index contributed by atoms with van der Waals surface area (Å²) >= 11 is 5.74. The molecule has 0 saturated carbocycles. The first-order chi connectivity index (χ1) is 9.45. The third-order valence-corrected chi connectivity index (χ3v) is 2.34. The van der Waals surface area contributed by atoms with E-state index in [0.717, 1.165) is 4.68 Å². The van der Waals surface area contributed by atoms with Gasteiger partial charge in [0.05, 0.1) is 6.20 Å². The van der Waals surface area contributed by atoms with Gasteiger partial charge in [-0.3, -0.25) is 9.59 Å². The maximum atomic E-state index is 11.3. The van der Waals surface area contributed by atoms with E-state index in [1.807, 2.05) is 0 Å². The molecule has 0 bridgehead atoms. The molecule has 0 amide bonds. The monoisotopic (exact) mass is 295 g/mol. The van der Waals surface area contributed by atoms with Crippen molar-refractivity contribution < 1.29 is 19.1 Å². The highest BCUT2D eigenvalue weighted by Crippen LogP contribution is 2.31. The van der Waals surface area contributed by atoms with Crippen LogP contribution in [0.5, 0.6) is 17.4 Å². The van der Waals surface area contributed by atoms with Crippen LogP contribution in [0.1, 0.15) is 18.6 Å². The average Bonchev–Trinajstić information content (AvgIpc) is 2.72. The molecule has 0 aliphatic carbocycles. The highest BCUT2D eigenvalue weighted by Gasteiger charge is 2.16. The van der Waals surface area contributed by atoms with Crippen molar-refractivity contribution in [2.45, 2.75) is 13.8 Å². The van der Waals surface area contributed by atoms with Gasteiger partial charge in [-0.05, 0) is 6.07 Å². The first-order valence-electron chi connectivity index (χ1n) is 5.54. The number of carbonyl (C=O) groups is 2. The first kappa shape index (κ1) is 14.0. The summed E-state index contributed by atoms with van der Waals surface area (Å²) in [6, 6.07) is 3.04. The number of ether oxygens (including phenoxy) is 2. The first-order valence-corrected chi connectivity index (χ1v) is 5.92. The third-order valence-electron chi connectivity index (χ3n) is 2.14. The van der Waals surface area contributed by atoms with Gasteiger partial charge in [0.1, 0.15) is 10.9 Å². The van der Waals surface area contributed by atoms with E-state index in [1.165, 1.54) is 32.3 Å². The molecule has 0 aliphatic rings. The lowest BCUT2D eigenvalue weighted by Gasteiger charge is -2.04. The Kier molecular flexibility index (Phi) is 3.99. The largest absolute Gasteiger partial charge is 0.450 e. The summed E-state index contributed by atoms with van der Waals surface area (Å²) in [6.45, 7) is 2.54. The minimum Gasteiger partial charge on any atom is -0.450 e. The summed E-state index contributed by atoms with van der Waals surface area (Å²) in [5, 5.41) is 4.06. The van der Waals surface area contributed by atoms with Gasteiger partial charge < -0.3 is 9.47 Å². The summed E-state index contributed by atoms with van der Waals surface area (Å²) in [7, 11) is 0. The van der Waals surface area contributed by atoms with Crippen LogP contribution in [0.25, 0.3) is 0 Å². The fourth-order valence-corrected chi connectivity index (χ4v) is 1.52. The van der Waals surface area contributed by atoms with Crippen molar-refractivity contribution in [1.29, 1.82) is 0 Å². The van der Waals surface area contributed by atoms with Crippen molar-refractivity contribution >= 4 is 23.5 Å². The van der Waals surface area contributed by atoms with Crippen LogP contribution in [0.2, 0.25) is 5.15 Å². The predicted molar refractivity (Wildman–Crippen MR) is 69.2 cm³/mol. The smallest absolute Gasteiger partial charge is 0.309 e. The van der Waals surface area contributed by atoms with Crippen molar-refractivity contribution in [3.05, 3.63) is 29.7 Å². The van der Waals surface area contributed by atoms with Gasteiger partial charge in [-0.25, -0.2) is 9.67 Å². The Morgan fingerprint density at radius 1 is 1.35 bits per heavy atom. The van der Waals surface area contributed by atoms with E-state index in [4.69, 9.17) is 21.1 Å². The minimum atomic E-state index is -0.573. The lowest BCUT2D eigenvalue weighted by Crippen LogP contribution is -2.07. The summed E-state index contributed by atoms with van der Waals surface area (Å²) < 4.78 is 11.4. The molecule has 0 spiro atoms. The van der Waals surface area contributed by atoms with E-state index in [2.05, 4.69) is 10.1 Å². The number of pyridine rings is 1.